The van der Waals surface area contributed by atoms with Gasteiger partial charge in [0.05, 0.1) is 0 Å². The van der Waals surface area contributed by atoms with Crippen molar-refractivity contribution in [3.05, 3.63) is 54.1 Å². The first-order valence-corrected chi connectivity index (χ1v) is 6.27. The van der Waals surface area contributed by atoms with Gasteiger partial charge in [-0.25, -0.2) is 4.98 Å². The third-order valence-corrected chi connectivity index (χ3v) is 3.00. The monoisotopic (exact) mass is 253 g/mol. The number of aromatic nitrogens is 4. The van der Waals surface area contributed by atoms with Crippen LogP contribution >= 0.6 is 0 Å². The molecule has 0 radical (unpaired) electrons. The van der Waals surface area contributed by atoms with Crippen LogP contribution in [0.25, 0.3) is 5.65 Å². The summed E-state index contributed by atoms with van der Waals surface area (Å²) in [6, 6.07) is 8.53. The molecule has 0 unspecified atom stereocenters. The molecule has 3 aromatic rings. The van der Waals surface area contributed by atoms with Crippen LogP contribution in [0.4, 0.5) is 5.82 Å². The Morgan fingerprint density at radius 1 is 1.32 bits per heavy atom. The Hall–Kier alpha value is -2.43. The van der Waals surface area contributed by atoms with Gasteiger partial charge in [-0.3, -0.25) is 4.40 Å². The Labute approximate surface area is 111 Å². The first-order valence-electron chi connectivity index (χ1n) is 6.27. The Kier molecular flexibility index (Phi) is 3.10. The van der Waals surface area contributed by atoms with Gasteiger partial charge in [0.25, 0.3) is 0 Å². The smallest absolute Gasteiger partial charge is 0.203 e. The number of nitrogens with one attached hydrogen (secondary N) is 1. The van der Waals surface area contributed by atoms with Gasteiger partial charge in [0, 0.05) is 18.9 Å². The number of benzene rings is 1. The summed E-state index contributed by atoms with van der Waals surface area (Å²) in [5.41, 5.74) is 3.36. The fraction of sp³-hybridized carbons (Fsp3) is 0.214. The number of aryl methyl sites for hydroxylation is 1. The fourth-order valence-electron chi connectivity index (χ4n) is 2.08. The lowest BCUT2D eigenvalue weighted by atomic mass is 10.1. The molecule has 96 valence electrons. The molecule has 0 saturated heterocycles. The van der Waals surface area contributed by atoms with Crippen molar-refractivity contribution in [2.24, 2.45) is 0 Å². The van der Waals surface area contributed by atoms with Crippen molar-refractivity contribution in [2.75, 3.05) is 11.9 Å². The van der Waals surface area contributed by atoms with Crippen LogP contribution < -0.4 is 5.32 Å². The zero-order valence-corrected chi connectivity index (χ0v) is 10.7. The summed E-state index contributed by atoms with van der Waals surface area (Å²) in [7, 11) is 0. The molecule has 0 aliphatic heterocycles. The van der Waals surface area contributed by atoms with E-state index in [-0.39, 0.29) is 0 Å². The van der Waals surface area contributed by atoms with Crippen LogP contribution in [0.2, 0.25) is 0 Å². The lowest BCUT2D eigenvalue weighted by Gasteiger charge is -2.06. The van der Waals surface area contributed by atoms with Crippen molar-refractivity contribution in [3.63, 3.8) is 0 Å². The summed E-state index contributed by atoms with van der Waals surface area (Å²) >= 11 is 0. The fourth-order valence-corrected chi connectivity index (χ4v) is 2.08. The third kappa shape index (κ3) is 2.54. The molecule has 0 aliphatic rings. The molecule has 1 N–H and O–H groups in total. The Bertz CT molecular complexity index is 689. The molecule has 19 heavy (non-hydrogen) atoms. The predicted octanol–water partition coefficient (Wildman–Crippen LogP) is 2.09. The number of anilines is 1. The molecule has 2 heterocycles. The van der Waals surface area contributed by atoms with Gasteiger partial charge in [-0.05, 0) is 18.9 Å². The number of nitrogens with zero attached hydrogens (tertiary/aromatic N) is 4. The minimum Gasteiger partial charge on any atom is -0.367 e. The highest BCUT2D eigenvalue weighted by molar-refractivity contribution is 5.61. The Morgan fingerprint density at radius 3 is 3.16 bits per heavy atom. The van der Waals surface area contributed by atoms with Crippen LogP contribution in [0.3, 0.4) is 0 Å². The molecule has 5 nitrogen and oxygen atoms in total. The van der Waals surface area contributed by atoms with E-state index in [0.717, 1.165) is 24.4 Å². The van der Waals surface area contributed by atoms with Crippen molar-refractivity contribution in [2.45, 2.75) is 13.3 Å². The van der Waals surface area contributed by atoms with Gasteiger partial charge in [-0.15, -0.1) is 10.2 Å². The van der Waals surface area contributed by atoms with Crippen molar-refractivity contribution >= 4 is 11.5 Å². The number of fused-ring (bicyclic) bond motifs is 1. The van der Waals surface area contributed by atoms with Gasteiger partial charge >= 0.3 is 0 Å². The molecule has 0 fully saturated rings. The van der Waals surface area contributed by atoms with Gasteiger partial charge in [0.2, 0.25) is 5.65 Å². The van der Waals surface area contributed by atoms with Gasteiger partial charge in [0.15, 0.2) is 5.82 Å². The normalized spacial score (nSPS) is 10.8. The Balaban J connectivity index is 1.68. The Morgan fingerprint density at radius 2 is 2.26 bits per heavy atom. The average molecular weight is 253 g/mol. The summed E-state index contributed by atoms with van der Waals surface area (Å²) in [4.78, 5) is 4.29. The highest BCUT2D eigenvalue weighted by atomic mass is 15.2. The van der Waals surface area contributed by atoms with E-state index in [1.54, 1.807) is 12.5 Å². The molecule has 0 amide bonds. The second-order valence-corrected chi connectivity index (χ2v) is 4.50. The lowest BCUT2D eigenvalue weighted by molar-refractivity contribution is 0.995. The van der Waals surface area contributed by atoms with Crippen molar-refractivity contribution in [1.82, 2.24) is 19.6 Å². The van der Waals surface area contributed by atoms with Crippen molar-refractivity contribution in [3.8, 4) is 0 Å². The maximum Gasteiger partial charge on any atom is 0.203 e. The molecular weight excluding hydrogens is 238 g/mol. The van der Waals surface area contributed by atoms with E-state index < -0.39 is 0 Å². The first-order chi connectivity index (χ1) is 9.33. The van der Waals surface area contributed by atoms with Crippen LogP contribution in [0, 0.1) is 6.92 Å². The largest absolute Gasteiger partial charge is 0.367 e. The summed E-state index contributed by atoms with van der Waals surface area (Å²) in [6.45, 7) is 2.93. The average Bonchev–Trinajstić information content (AvgIpc) is 2.88. The van der Waals surface area contributed by atoms with E-state index in [1.165, 1.54) is 11.1 Å². The van der Waals surface area contributed by atoms with Crippen LogP contribution in [0.5, 0.6) is 0 Å². The molecule has 0 aliphatic carbocycles. The van der Waals surface area contributed by atoms with Gasteiger partial charge in [-0.1, -0.05) is 29.8 Å². The highest BCUT2D eigenvalue weighted by Crippen LogP contribution is 2.10. The van der Waals surface area contributed by atoms with E-state index in [1.807, 2.05) is 10.6 Å². The molecule has 0 spiro atoms. The predicted molar refractivity (Wildman–Crippen MR) is 74.2 cm³/mol. The zero-order chi connectivity index (χ0) is 13.1. The van der Waals surface area contributed by atoms with E-state index >= 15 is 0 Å². The number of hydrogen-bond donors (Lipinski definition) is 1. The van der Waals surface area contributed by atoms with E-state index in [0.29, 0.717) is 0 Å². The zero-order valence-electron chi connectivity index (χ0n) is 10.7. The summed E-state index contributed by atoms with van der Waals surface area (Å²) in [5, 5.41) is 11.2. The van der Waals surface area contributed by atoms with Crippen molar-refractivity contribution < 1.29 is 0 Å². The quantitative estimate of drug-likeness (QED) is 0.773. The summed E-state index contributed by atoms with van der Waals surface area (Å²) < 4.78 is 1.85. The highest BCUT2D eigenvalue weighted by Gasteiger charge is 2.03. The van der Waals surface area contributed by atoms with E-state index in [9.17, 15) is 0 Å². The molecule has 3 rings (SSSR count). The van der Waals surface area contributed by atoms with Gasteiger partial charge < -0.3 is 5.32 Å². The standard InChI is InChI=1S/C14H15N5/c1-11-3-2-4-12(9-11)5-6-15-13-14-18-17-10-19(14)8-7-16-13/h2-4,7-10H,5-6H2,1H3,(H,15,16). The second kappa shape index (κ2) is 5.06. The minimum absolute atomic E-state index is 0.756. The van der Waals surface area contributed by atoms with Gasteiger partial charge in [-0.2, -0.15) is 0 Å². The van der Waals surface area contributed by atoms with E-state index in [2.05, 4.69) is 51.7 Å². The SMILES string of the molecule is Cc1cccc(CCNc2nccn3cnnc23)c1. The molecule has 5 heteroatoms. The van der Waals surface area contributed by atoms with Gasteiger partial charge in [0.1, 0.15) is 6.33 Å². The maximum absolute atomic E-state index is 4.29. The number of hydrogen-bond acceptors (Lipinski definition) is 4. The first kappa shape index (κ1) is 11.6. The van der Waals surface area contributed by atoms with Crippen LogP contribution in [0.1, 0.15) is 11.1 Å². The number of rotatable bonds is 4. The molecule has 1 aromatic carbocycles. The minimum atomic E-state index is 0.756. The van der Waals surface area contributed by atoms with Crippen LogP contribution in [-0.2, 0) is 6.42 Å². The van der Waals surface area contributed by atoms with E-state index in [4.69, 9.17) is 0 Å². The topological polar surface area (TPSA) is 55.1 Å². The molecule has 0 bridgehead atoms. The van der Waals surface area contributed by atoms with Crippen LogP contribution in [-0.4, -0.2) is 26.1 Å². The maximum atomic E-state index is 4.29. The molecular formula is C14H15N5. The summed E-state index contributed by atoms with van der Waals surface area (Å²) in [6.07, 6.45) is 6.20. The molecule has 0 atom stereocenters. The summed E-state index contributed by atoms with van der Waals surface area (Å²) in [5.74, 6) is 0.771. The molecule has 0 saturated carbocycles. The second-order valence-electron chi connectivity index (χ2n) is 4.50. The van der Waals surface area contributed by atoms with Crippen molar-refractivity contribution in [1.29, 1.82) is 0 Å². The third-order valence-electron chi connectivity index (χ3n) is 3.00. The lowest BCUT2D eigenvalue weighted by Crippen LogP contribution is -2.07. The molecule has 2 aromatic heterocycles. The van der Waals surface area contributed by atoms with Crippen LogP contribution in [0.15, 0.2) is 43.0 Å².